The van der Waals surface area contributed by atoms with Crippen LogP contribution < -0.4 is 0 Å². The van der Waals surface area contributed by atoms with Crippen LogP contribution in [-0.2, 0) is 25.5 Å². The normalized spacial score (nSPS) is 19.3. The molecule has 2 aliphatic carbocycles. The van der Waals surface area contributed by atoms with Gasteiger partial charge < -0.3 is 9.47 Å². The number of pyridine rings is 1. The van der Waals surface area contributed by atoms with Crippen molar-refractivity contribution in [2.24, 2.45) is 5.41 Å². The molecule has 0 radical (unpaired) electrons. The van der Waals surface area contributed by atoms with Gasteiger partial charge in [-0.1, -0.05) is 25.3 Å². The van der Waals surface area contributed by atoms with Crippen molar-refractivity contribution >= 4 is 18.0 Å². The van der Waals surface area contributed by atoms with Crippen LogP contribution in [0.15, 0.2) is 24.4 Å². The molecule has 2 saturated carbocycles. The van der Waals surface area contributed by atoms with Gasteiger partial charge in [-0.25, -0.2) is 4.79 Å². The fourth-order valence-electron chi connectivity index (χ4n) is 4.48. The molecule has 29 heavy (non-hydrogen) atoms. The second-order valence-electron chi connectivity index (χ2n) is 8.33. The molecule has 5 nitrogen and oxygen atoms in total. The van der Waals surface area contributed by atoms with Gasteiger partial charge in [-0.2, -0.15) is 0 Å². The molecule has 0 bridgehead atoms. The number of carbonyl (C=O) groups excluding carboxylic acids is 2. The predicted octanol–water partition coefficient (Wildman–Crippen LogP) is 5.03. The molecule has 3 rings (SSSR count). The lowest BCUT2D eigenvalue weighted by Crippen LogP contribution is -2.37. The number of hydrogen-bond donors (Lipinski definition) is 0. The zero-order valence-electron chi connectivity index (χ0n) is 17.5. The van der Waals surface area contributed by atoms with E-state index in [1.165, 1.54) is 25.3 Å². The van der Waals surface area contributed by atoms with Crippen LogP contribution in [0.1, 0.15) is 82.4 Å². The number of rotatable bonds is 8. The lowest BCUT2D eigenvalue weighted by molar-refractivity contribution is -0.164. The van der Waals surface area contributed by atoms with Crippen LogP contribution >= 0.6 is 0 Å². The highest BCUT2D eigenvalue weighted by Gasteiger charge is 2.41. The Bertz CT molecular complexity index is 698. The quantitative estimate of drug-likeness (QED) is 0.453. The summed E-state index contributed by atoms with van der Waals surface area (Å²) in [6.45, 7) is 2.14. The van der Waals surface area contributed by atoms with Crippen LogP contribution in [0.3, 0.4) is 0 Å². The summed E-state index contributed by atoms with van der Waals surface area (Å²) in [5.74, 6) is -0.329. The molecule has 1 aromatic heterocycles. The molecule has 1 aromatic rings. The van der Waals surface area contributed by atoms with Crippen LogP contribution in [0.2, 0.25) is 0 Å². The van der Waals surface area contributed by atoms with Gasteiger partial charge in [-0.15, -0.1) is 0 Å². The van der Waals surface area contributed by atoms with E-state index in [4.69, 9.17) is 9.47 Å². The topological polar surface area (TPSA) is 65.5 Å². The molecule has 0 aliphatic heterocycles. The van der Waals surface area contributed by atoms with Gasteiger partial charge in [0.15, 0.2) is 0 Å². The summed E-state index contributed by atoms with van der Waals surface area (Å²) >= 11 is 0. The average Bonchev–Trinajstić information content (AvgIpc) is 3.25. The molecule has 2 fully saturated rings. The second-order valence-corrected chi connectivity index (χ2v) is 8.33. The zero-order chi connectivity index (χ0) is 20.5. The van der Waals surface area contributed by atoms with E-state index in [1.807, 2.05) is 18.3 Å². The molecule has 1 heterocycles. The van der Waals surface area contributed by atoms with Crippen molar-refractivity contribution in [2.45, 2.75) is 83.7 Å². The first kappa shape index (κ1) is 21.5. The maximum Gasteiger partial charge on any atom is 0.330 e. The van der Waals surface area contributed by atoms with Crippen LogP contribution in [0.4, 0.5) is 0 Å². The van der Waals surface area contributed by atoms with E-state index in [0.29, 0.717) is 6.61 Å². The van der Waals surface area contributed by atoms with E-state index in [-0.39, 0.29) is 23.5 Å². The molecule has 0 N–H and O–H groups in total. The fourth-order valence-corrected chi connectivity index (χ4v) is 4.48. The highest BCUT2D eigenvalue weighted by atomic mass is 16.5. The van der Waals surface area contributed by atoms with Crippen LogP contribution in [0, 0.1) is 5.41 Å². The van der Waals surface area contributed by atoms with Gasteiger partial charge in [-0.3, -0.25) is 9.78 Å². The first-order valence-electron chi connectivity index (χ1n) is 11.1. The highest BCUT2D eigenvalue weighted by Crippen LogP contribution is 2.42. The molecular weight excluding hydrogens is 366 g/mol. The minimum atomic E-state index is -0.363. The third-order valence-electron chi connectivity index (χ3n) is 6.24. The first-order chi connectivity index (χ1) is 14.1. The summed E-state index contributed by atoms with van der Waals surface area (Å²) < 4.78 is 10.8. The van der Waals surface area contributed by atoms with Crippen LogP contribution in [0.25, 0.3) is 6.08 Å². The lowest BCUT2D eigenvalue weighted by atomic mass is 9.70. The Morgan fingerprint density at radius 1 is 1.14 bits per heavy atom. The third-order valence-corrected chi connectivity index (χ3v) is 6.24. The van der Waals surface area contributed by atoms with E-state index >= 15 is 0 Å². The number of nitrogens with zero attached hydrogens (tertiary/aromatic N) is 1. The number of aryl methyl sites for hydroxylation is 1. The van der Waals surface area contributed by atoms with E-state index in [9.17, 15) is 9.59 Å². The SMILES string of the molecule is CCOC(=O)/C=C/c1ccc(CCC2(C(=O)OC3CCCC3)CCCCC2)cn1. The van der Waals surface area contributed by atoms with Gasteiger partial charge in [0, 0.05) is 12.3 Å². The molecule has 0 saturated heterocycles. The fraction of sp³-hybridized carbons (Fsp3) is 0.625. The summed E-state index contributed by atoms with van der Waals surface area (Å²) in [6, 6.07) is 3.92. The van der Waals surface area contributed by atoms with Crippen molar-refractivity contribution < 1.29 is 19.1 Å². The monoisotopic (exact) mass is 399 g/mol. The molecule has 0 spiro atoms. The van der Waals surface area contributed by atoms with Gasteiger partial charge >= 0.3 is 11.9 Å². The van der Waals surface area contributed by atoms with E-state index in [1.54, 1.807) is 13.0 Å². The van der Waals surface area contributed by atoms with Gasteiger partial charge in [-0.05, 0) is 76.0 Å². The largest absolute Gasteiger partial charge is 0.463 e. The van der Waals surface area contributed by atoms with Crippen LogP contribution in [0.5, 0.6) is 0 Å². The van der Waals surface area contributed by atoms with Crippen molar-refractivity contribution in [3.8, 4) is 0 Å². The third kappa shape index (κ3) is 6.15. The highest BCUT2D eigenvalue weighted by molar-refractivity contribution is 5.86. The Kier molecular flexibility index (Phi) is 7.84. The smallest absolute Gasteiger partial charge is 0.330 e. The standard InChI is InChI=1S/C24H33NO4/c1-2-28-22(26)13-12-20-11-10-19(18-25-20)14-17-24(15-6-3-7-16-24)23(27)29-21-8-4-5-9-21/h10-13,18,21H,2-9,14-17H2,1H3/b13-12+. The zero-order valence-corrected chi connectivity index (χ0v) is 17.5. The Hall–Kier alpha value is -2.17. The molecule has 158 valence electrons. The maximum atomic E-state index is 13.1. The summed E-state index contributed by atoms with van der Waals surface area (Å²) in [5, 5.41) is 0. The van der Waals surface area contributed by atoms with Gasteiger partial charge in [0.25, 0.3) is 0 Å². The number of aromatic nitrogens is 1. The summed E-state index contributed by atoms with van der Waals surface area (Å²) in [7, 11) is 0. The lowest BCUT2D eigenvalue weighted by Gasteiger charge is -2.36. The Balaban J connectivity index is 1.58. The number of hydrogen-bond acceptors (Lipinski definition) is 5. The minimum absolute atomic E-state index is 0.0334. The number of carbonyl (C=O) groups is 2. The van der Waals surface area contributed by atoms with Gasteiger partial charge in [0.1, 0.15) is 6.10 Å². The second kappa shape index (κ2) is 10.6. The maximum absolute atomic E-state index is 13.1. The molecule has 0 atom stereocenters. The van der Waals surface area contributed by atoms with E-state index < -0.39 is 0 Å². The van der Waals surface area contributed by atoms with E-state index in [0.717, 1.165) is 62.6 Å². The molecule has 5 heteroatoms. The Morgan fingerprint density at radius 2 is 1.90 bits per heavy atom. The minimum Gasteiger partial charge on any atom is -0.463 e. The molecule has 0 unspecified atom stereocenters. The molecule has 0 aromatic carbocycles. The van der Waals surface area contributed by atoms with Gasteiger partial charge in [0.05, 0.1) is 17.7 Å². The summed E-state index contributed by atoms with van der Waals surface area (Å²) in [5.41, 5.74) is 1.50. The number of esters is 2. The van der Waals surface area contributed by atoms with Crippen molar-refractivity contribution in [1.29, 1.82) is 0 Å². The summed E-state index contributed by atoms with van der Waals surface area (Å²) in [6.07, 6.45) is 16.3. The molecule has 0 amide bonds. The predicted molar refractivity (Wildman–Crippen MR) is 112 cm³/mol. The first-order valence-corrected chi connectivity index (χ1v) is 11.1. The van der Waals surface area contributed by atoms with Crippen molar-refractivity contribution in [1.82, 2.24) is 4.98 Å². The van der Waals surface area contributed by atoms with Crippen LogP contribution in [-0.4, -0.2) is 29.6 Å². The Labute approximate surface area is 173 Å². The van der Waals surface area contributed by atoms with E-state index in [2.05, 4.69) is 4.98 Å². The van der Waals surface area contributed by atoms with Crippen molar-refractivity contribution in [2.75, 3.05) is 6.61 Å². The van der Waals surface area contributed by atoms with Crippen molar-refractivity contribution in [3.05, 3.63) is 35.7 Å². The summed E-state index contributed by atoms with van der Waals surface area (Å²) in [4.78, 5) is 28.9. The average molecular weight is 400 g/mol. The van der Waals surface area contributed by atoms with Gasteiger partial charge in [0.2, 0.25) is 0 Å². The molecular formula is C24H33NO4. The van der Waals surface area contributed by atoms with Crippen molar-refractivity contribution in [3.63, 3.8) is 0 Å². The molecule has 2 aliphatic rings. The number of ether oxygens (including phenoxy) is 2. The Morgan fingerprint density at radius 3 is 2.55 bits per heavy atom.